The molecule has 0 aromatic carbocycles. The Balaban J connectivity index is 3.84. The maximum absolute atomic E-state index is 10.2. The van der Waals surface area contributed by atoms with Gasteiger partial charge in [-0.2, -0.15) is 0 Å². The molecule has 0 atom stereocenters. The Morgan fingerprint density at radius 3 is 1.82 bits per heavy atom. The van der Waals surface area contributed by atoms with E-state index < -0.39 is 8.80 Å². The van der Waals surface area contributed by atoms with Crippen LogP contribution in [-0.4, -0.2) is 36.7 Å². The van der Waals surface area contributed by atoms with Crippen molar-refractivity contribution in [2.24, 2.45) is 0 Å². The van der Waals surface area contributed by atoms with Crippen LogP contribution in [0.25, 0.3) is 0 Å². The van der Waals surface area contributed by atoms with Gasteiger partial charge in [-0.3, -0.25) is 0 Å². The summed E-state index contributed by atoms with van der Waals surface area (Å²) in [5.74, 6) is 0. The highest BCUT2D eigenvalue weighted by atomic mass is 28.4. The van der Waals surface area contributed by atoms with Crippen molar-refractivity contribution < 1.29 is 18.4 Å². The Labute approximate surface area is 68.4 Å². The molecule has 11 heavy (non-hydrogen) atoms. The highest BCUT2D eigenvalue weighted by molar-refractivity contribution is 6.60. The summed E-state index contributed by atoms with van der Waals surface area (Å²) in [5, 5.41) is 10.2. The van der Waals surface area contributed by atoms with Crippen molar-refractivity contribution in [1.29, 1.82) is 0 Å². The summed E-state index contributed by atoms with van der Waals surface area (Å²) in [6.45, 7) is -0.106. The van der Waals surface area contributed by atoms with Gasteiger partial charge in [0, 0.05) is 27.4 Å². The molecule has 0 N–H and O–H groups in total. The quantitative estimate of drug-likeness (QED) is 0.563. The zero-order valence-corrected chi connectivity index (χ0v) is 8.25. The Kier molecular flexibility index (Phi) is 5.70. The van der Waals surface area contributed by atoms with Crippen molar-refractivity contribution in [2.75, 3.05) is 27.9 Å². The van der Waals surface area contributed by atoms with E-state index in [0.717, 1.165) is 0 Å². The molecule has 0 saturated carbocycles. The van der Waals surface area contributed by atoms with Crippen LogP contribution in [-0.2, 0) is 18.4 Å². The predicted molar refractivity (Wildman–Crippen MR) is 41.8 cm³/mol. The molecule has 0 saturated heterocycles. The fourth-order valence-corrected chi connectivity index (χ4v) is 2.53. The summed E-state index contributed by atoms with van der Waals surface area (Å²) >= 11 is 0. The van der Waals surface area contributed by atoms with E-state index >= 15 is 0 Å². The van der Waals surface area contributed by atoms with Crippen LogP contribution in [0.5, 0.6) is 0 Å². The van der Waals surface area contributed by atoms with Gasteiger partial charge in [0.25, 0.3) is 0 Å². The average Bonchev–Trinajstić information content (AvgIpc) is 2.08. The first-order chi connectivity index (χ1) is 5.24. The van der Waals surface area contributed by atoms with E-state index in [-0.39, 0.29) is 6.61 Å². The van der Waals surface area contributed by atoms with Crippen molar-refractivity contribution in [1.82, 2.24) is 0 Å². The molecule has 5 heteroatoms. The second-order valence-corrected chi connectivity index (χ2v) is 5.19. The van der Waals surface area contributed by atoms with E-state index in [9.17, 15) is 5.11 Å². The molecule has 0 rings (SSSR count). The number of rotatable bonds is 6. The summed E-state index contributed by atoms with van der Waals surface area (Å²) in [5.41, 5.74) is 0. The molecule has 67 valence electrons. The van der Waals surface area contributed by atoms with E-state index in [4.69, 9.17) is 13.3 Å². The molecule has 0 spiro atoms. The summed E-state index contributed by atoms with van der Waals surface area (Å²) in [6, 6.07) is 0.597. The Morgan fingerprint density at radius 2 is 1.55 bits per heavy atom. The molecule has 0 fully saturated rings. The van der Waals surface area contributed by atoms with Crippen molar-refractivity contribution in [3.63, 3.8) is 0 Å². The molecule has 0 unspecified atom stereocenters. The zero-order valence-electron chi connectivity index (χ0n) is 7.25. The number of hydrogen-bond acceptors (Lipinski definition) is 3. The van der Waals surface area contributed by atoms with Gasteiger partial charge >= 0.3 is 8.80 Å². The minimum atomic E-state index is -2.44. The van der Waals surface area contributed by atoms with Crippen LogP contribution < -0.4 is 0 Å². The van der Waals surface area contributed by atoms with E-state index in [2.05, 4.69) is 0 Å². The SMILES string of the molecule is CO[Si](CCC[O])(OC)OC. The number of hydrogen-bond donors (Lipinski definition) is 0. The van der Waals surface area contributed by atoms with E-state index in [1.165, 1.54) is 0 Å². The largest absolute Gasteiger partial charge is 0.500 e. The maximum atomic E-state index is 10.2. The lowest BCUT2D eigenvalue weighted by atomic mass is 10.5. The highest BCUT2D eigenvalue weighted by Gasteiger charge is 2.36. The summed E-state index contributed by atoms with van der Waals surface area (Å²) in [4.78, 5) is 0. The van der Waals surface area contributed by atoms with Gasteiger partial charge in [-0.05, 0) is 6.42 Å². The smallest absolute Gasteiger partial charge is 0.377 e. The van der Waals surface area contributed by atoms with Crippen LogP contribution in [0.15, 0.2) is 0 Å². The monoisotopic (exact) mass is 179 g/mol. The fourth-order valence-electron chi connectivity index (χ4n) is 0.845. The van der Waals surface area contributed by atoms with Gasteiger partial charge in [-0.1, -0.05) is 0 Å². The lowest BCUT2D eigenvalue weighted by molar-refractivity contribution is 0.116. The highest BCUT2D eigenvalue weighted by Crippen LogP contribution is 2.13. The van der Waals surface area contributed by atoms with E-state index in [1.54, 1.807) is 21.3 Å². The zero-order chi connectivity index (χ0) is 8.74. The predicted octanol–water partition coefficient (Wildman–Crippen LogP) is 0.685. The summed E-state index contributed by atoms with van der Waals surface area (Å²) < 4.78 is 15.3. The van der Waals surface area contributed by atoms with Crippen molar-refractivity contribution in [3.8, 4) is 0 Å². The minimum Gasteiger partial charge on any atom is -0.377 e. The van der Waals surface area contributed by atoms with Crippen LogP contribution in [0.1, 0.15) is 6.42 Å². The lowest BCUT2D eigenvalue weighted by Gasteiger charge is -2.23. The van der Waals surface area contributed by atoms with E-state index in [1.807, 2.05) is 0 Å². The molecule has 0 heterocycles. The molecule has 0 aromatic rings. The normalized spacial score (nSPS) is 12.0. The van der Waals surface area contributed by atoms with Crippen molar-refractivity contribution in [2.45, 2.75) is 12.5 Å². The van der Waals surface area contributed by atoms with Crippen LogP contribution in [0.2, 0.25) is 6.04 Å². The van der Waals surface area contributed by atoms with Crippen molar-refractivity contribution >= 4 is 8.80 Å². The average molecular weight is 179 g/mol. The molecule has 0 aliphatic rings. The first-order valence-corrected chi connectivity index (χ1v) is 5.41. The van der Waals surface area contributed by atoms with Gasteiger partial charge in [-0.15, -0.1) is 0 Å². The molecular formula is C6H15O4Si. The van der Waals surface area contributed by atoms with Crippen molar-refractivity contribution in [3.05, 3.63) is 0 Å². The van der Waals surface area contributed by atoms with Crippen LogP contribution >= 0.6 is 0 Å². The Hall–Kier alpha value is 0.0569. The van der Waals surface area contributed by atoms with Gasteiger partial charge in [0.1, 0.15) is 0 Å². The molecule has 0 bridgehead atoms. The van der Waals surface area contributed by atoms with E-state index in [0.29, 0.717) is 12.5 Å². The topological polar surface area (TPSA) is 47.6 Å². The van der Waals surface area contributed by atoms with Crippen LogP contribution in [0.4, 0.5) is 0 Å². The lowest BCUT2D eigenvalue weighted by Crippen LogP contribution is -2.42. The van der Waals surface area contributed by atoms with Gasteiger partial charge in [0.2, 0.25) is 0 Å². The van der Waals surface area contributed by atoms with Crippen LogP contribution in [0.3, 0.4) is 0 Å². The minimum absolute atomic E-state index is 0.106. The first kappa shape index (κ1) is 11.1. The molecule has 4 nitrogen and oxygen atoms in total. The van der Waals surface area contributed by atoms with Gasteiger partial charge < -0.3 is 13.3 Å². The molecule has 0 amide bonds. The second-order valence-electron chi connectivity index (χ2n) is 2.10. The van der Waals surface area contributed by atoms with Gasteiger partial charge in [0.15, 0.2) is 0 Å². The Morgan fingerprint density at radius 1 is 1.09 bits per heavy atom. The maximum Gasteiger partial charge on any atom is 0.500 e. The second kappa shape index (κ2) is 5.67. The van der Waals surface area contributed by atoms with Crippen LogP contribution in [0, 0.1) is 0 Å². The first-order valence-electron chi connectivity index (χ1n) is 3.48. The molecular weight excluding hydrogens is 164 g/mol. The third kappa shape index (κ3) is 3.30. The fraction of sp³-hybridized carbons (Fsp3) is 1.00. The summed E-state index contributed by atoms with van der Waals surface area (Å²) in [6.07, 6.45) is 0.543. The van der Waals surface area contributed by atoms with Gasteiger partial charge in [-0.25, -0.2) is 5.11 Å². The summed E-state index contributed by atoms with van der Waals surface area (Å²) in [7, 11) is 2.20. The standard InChI is InChI=1S/C6H15O4Si/c1-8-11(9-2,10-3)6-4-5-7/h4-6H2,1-3H3. The third-order valence-electron chi connectivity index (χ3n) is 1.56. The third-order valence-corrected chi connectivity index (χ3v) is 4.39. The molecule has 1 radical (unpaired) electrons. The molecule has 0 aromatic heterocycles. The Bertz CT molecular complexity index is 86.3. The molecule has 0 aliphatic carbocycles. The van der Waals surface area contributed by atoms with Gasteiger partial charge in [0.05, 0.1) is 6.61 Å². The molecule has 0 aliphatic heterocycles.